The number of nitrogens with one attached hydrogen (secondary N) is 1. The summed E-state index contributed by atoms with van der Waals surface area (Å²) in [5, 5.41) is 7.26. The average Bonchev–Trinajstić information content (AvgIpc) is 3.49. The smallest absolute Gasteiger partial charge is 0.410 e. The van der Waals surface area contributed by atoms with E-state index in [9.17, 15) is 9.59 Å². The summed E-state index contributed by atoms with van der Waals surface area (Å²) in [4.78, 5) is 36.7. The Morgan fingerprint density at radius 1 is 1.12 bits per heavy atom. The number of likely N-dealkylation sites (N-methyl/N-ethyl adjacent to an activating group) is 1. The SMILES string of the molecule is Cc1ccc(OC[C@H](C)N(C)C(=O)OC(C)(C)C)cc1C(=O)NC1(c2cc(-c3nccs3)cc3ncccc23)CC1. The molecule has 8 nitrogen and oxygen atoms in total. The van der Waals surface area contributed by atoms with E-state index in [1.807, 2.05) is 58.2 Å². The van der Waals surface area contributed by atoms with Gasteiger partial charge in [-0.15, -0.1) is 11.3 Å². The zero-order valence-corrected chi connectivity index (χ0v) is 25.2. The first-order chi connectivity index (χ1) is 19.5. The van der Waals surface area contributed by atoms with Gasteiger partial charge < -0.3 is 19.7 Å². The summed E-state index contributed by atoms with van der Waals surface area (Å²) in [7, 11) is 1.69. The molecule has 0 spiro atoms. The molecule has 0 bridgehead atoms. The van der Waals surface area contributed by atoms with Crippen molar-refractivity contribution >= 4 is 34.2 Å². The van der Waals surface area contributed by atoms with Gasteiger partial charge in [0.1, 0.15) is 23.0 Å². The Morgan fingerprint density at radius 2 is 1.90 bits per heavy atom. The Kier molecular flexibility index (Phi) is 7.74. The lowest BCUT2D eigenvalue weighted by Gasteiger charge is -2.28. The summed E-state index contributed by atoms with van der Waals surface area (Å²) in [6.45, 7) is 9.57. The molecule has 0 unspecified atom stereocenters. The minimum absolute atomic E-state index is 0.152. The number of pyridine rings is 1. The highest BCUT2D eigenvalue weighted by Crippen LogP contribution is 2.49. The van der Waals surface area contributed by atoms with Gasteiger partial charge in [-0.2, -0.15) is 0 Å². The van der Waals surface area contributed by atoms with Gasteiger partial charge >= 0.3 is 6.09 Å². The van der Waals surface area contributed by atoms with Crippen molar-refractivity contribution in [1.82, 2.24) is 20.2 Å². The largest absolute Gasteiger partial charge is 0.491 e. The van der Waals surface area contributed by atoms with Crippen LogP contribution in [0, 0.1) is 6.92 Å². The van der Waals surface area contributed by atoms with Crippen LogP contribution in [0.1, 0.15) is 62.0 Å². The number of nitrogens with zero attached hydrogens (tertiary/aromatic N) is 3. The first kappa shape index (κ1) is 28.5. The number of ether oxygens (including phenoxy) is 2. The molecule has 9 heteroatoms. The Labute approximate surface area is 244 Å². The zero-order chi connectivity index (χ0) is 29.4. The third-order valence-electron chi connectivity index (χ3n) is 7.31. The van der Waals surface area contributed by atoms with E-state index in [0.29, 0.717) is 11.3 Å². The van der Waals surface area contributed by atoms with Crippen molar-refractivity contribution in [3.05, 3.63) is 76.9 Å². The van der Waals surface area contributed by atoms with Crippen molar-refractivity contribution in [3.63, 3.8) is 0 Å². The number of hydrogen-bond acceptors (Lipinski definition) is 7. The van der Waals surface area contributed by atoms with Gasteiger partial charge in [-0.1, -0.05) is 12.1 Å². The Morgan fingerprint density at radius 3 is 2.59 bits per heavy atom. The Hall–Kier alpha value is -3.98. The monoisotopic (exact) mass is 572 g/mol. The van der Waals surface area contributed by atoms with Crippen LogP contribution in [-0.2, 0) is 10.3 Å². The third-order valence-corrected chi connectivity index (χ3v) is 8.13. The maximum atomic E-state index is 13.7. The number of amides is 2. The fourth-order valence-electron chi connectivity index (χ4n) is 4.72. The van der Waals surface area contributed by atoms with E-state index >= 15 is 0 Å². The summed E-state index contributed by atoms with van der Waals surface area (Å²) in [6.07, 6.45) is 4.86. The van der Waals surface area contributed by atoms with Gasteiger partial charge in [-0.3, -0.25) is 9.78 Å². The standard InChI is InChI=1S/C32H36N4O4S/c1-20-9-10-23(39-19-21(2)36(6)30(38)40-31(3,4)5)18-25(20)28(37)35-32(11-12-32)26-16-22(29-34-14-15-41-29)17-27-24(26)8-7-13-33-27/h7-10,13-18,21H,11-12,19H2,1-6H3,(H,35,37)/t21-/m0/s1. The topological polar surface area (TPSA) is 93.6 Å². The molecule has 2 aromatic carbocycles. The average molecular weight is 573 g/mol. The molecule has 1 aliphatic carbocycles. The second-order valence-electron chi connectivity index (χ2n) is 11.7. The van der Waals surface area contributed by atoms with E-state index < -0.39 is 17.2 Å². The molecule has 0 aliphatic heterocycles. The summed E-state index contributed by atoms with van der Waals surface area (Å²) < 4.78 is 11.5. The molecule has 1 aliphatic rings. The van der Waals surface area contributed by atoms with Crippen LogP contribution in [0.2, 0.25) is 0 Å². The number of thiazole rings is 1. The predicted molar refractivity (Wildman–Crippen MR) is 161 cm³/mol. The Balaban J connectivity index is 1.34. The first-order valence-electron chi connectivity index (χ1n) is 13.8. The normalized spacial score (nSPS) is 14.8. The van der Waals surface area contributed by atoms with Crippen LogP contribution in [0.3, 0.4) is 0 Å². The molecule has 4 aromatic rings. The third kappa shape index (κ3) is 6.35. The van der Waals surface area contributed by atoms with E-state index in [-0.39, 0.29) is 18.6 Å². The lowest BCUT2D eigenvalue weighted by molar-refractivity contribution is 0.0195. The summed E-state index contributed by atoms with van der Waals surface area (Å²) in [5.74, 6) is 0.413. The zero-order valence-electron chi connectivity index (χ0n) is 24.4. The highest BCUT2D eigenvalue weighted by Gasteiger charge is 2.47. The summed E-state index contributed by atoms with van der Waals surface area (Å²) >= 11 is 1.58. The van der Waals surface area contributed by atoms with Gasteiger partial charge in [0.25, 0.3) is 5.91 Å². The summed E-state index contributed by atoms with van der Waals surface area (Å²) in [6, 6.07) is 13.5. The molecule has 1 N–H and O–H groups in total. The molecule has 5 rings (SSSR count). The van der Waals surface area contributed by atoms with Crippen molar-refractivity contribution in [3.8, 4) is 16.3 Å². The van der Waals surface area contributed by atoms with Gasteiger partial charge in [0.05, 0.1) is 17.1 Å². The van der Waals surface area contributed by atoms with Crippen molar-refractivity contribution in [2.45, 2.75) is 64.6 Å². The Bertz CT molecular complexity index is 1570. The van der Waals surface area contributed by atoms with Crippen LogP contribution in [0.4, 0.5) is 4.79 Å². The van der Waals surface area contributed by atoms with Crippen LogP contribution in [0.25, 0.3) is 21.5 Å². The minimum Gasteiger partial charge on any atom is -0.491 e. The van der Waals surface area contributed by atoms with Crippen molar-refractivity contribution in [2.24, 2.45) is 0 Å². The molecular weight excluding hydrogens is 536 g/mol. The maximum Gasteiger partial charge on any atom is 0.410 e. The number of aryl methyl sites for hydroxylation is 1. The number of benzene rings is 2. The highest BCUT2D eigenvalue weighted by atomic mass is 32.1. The fraction of sp³-hybridized carbons (Fsp3) is 0.375. The number of carbonyl (C=O) groups excluding carboxylic acids is 2. The fourth-order valence-corrected chi connectivity index (χ4v) is 5.34. The highest BCUT2D eigenvalue weighted by molar-refractivity contribution is 7.13. The lowest BCUT2D eigenvalue weighted by Crippen LogP contribution is -2.42. The van der Waals surface area contributed by atoms with Crippen LogP contribution >= 0.6 is 11.3 Å². The van der Waals surface area contributed by atoms with E-state index in [4.69, 9.17) is 9.47 Å². The number of rotatable bonds is 8. The van der Waals surface area contributed by atoms with Gasteiger partial charge in [-0.05, 0) is 88.9 Å². The number of hydrogen-bond donors (Lipinski definition) is 1. The molecule has 2 amide bonds. The minimum atomic E-state index is -0.574. The second kappa shape index (κ2) is 11.1. The summed E-state index contributed by atoms with van der Waals surface area (Å²) in [5.41, 5.74) is 3.31. The van der Waals surface area contributed by atoms with Crippen LogP contribution in [-0.4, -0.2) is 52.2 Å². The van der Waals surface area contributed by atoms with Gasteiger partial charge in [0, 0.05) is 41.3 Å². The molecule has 2 heterocycles. The van der Waals surface area contributed by atoms with E-state index in [1.165, 1.54) is 4.90 Å². The number of aromatic nitrogens is 2. The predicted octanol–water partition coefficient (Wildman–Crippen LogP) is 6.72. The van der Waals surface area contributed by atoms with Gasteiger partial charge in [0.15, 0.2) is 0 Å². The van der Waals surface area contributed by atoms with Crippen molar-refractivity contribution in [2.75, 3.05) is 13.7 Å². The van der Waals surface area contributed by atoms with E-state index in [2.05, 4.69) is 33.5 Å². The molecule has 41 heavy (non-hydrogen) atoms. The van der Waals surface area contributed by atoms with Crippen molar-refractivity contribution < 1.29 is 19.1 Å². The molecule has 2 aromatic heterocycles. The van der Waals surface area contributed by atoms with Crippen LogP contribution in [0.15, 0.2) is 60.2 Å². The van der Waals surface area contributed by atoms with Crippen LogP contribution in [0.5, 0.6) is 5.75 Å². The molecule has 214 valence electrons. The maximum absolute atomic E-state index is 13.7. The molecule has 0 radical (unpaired) electrons. The quantitative estimate of drug-likeness (QED) is 0.252. The van der Waals surface area contributed by atoms with Gasteiger partial charge in [0.2, 0.25) is 0 Å². The van der Waals surface area contributed by atoms with E-state index in [1.54, 1.807) is 36.8 Å². The lowest BCUT2D eigenvalue weighted by atomic mass is 9.95. The molecule has 1 fully saturated rings. The van der Waals surface area contributed by atoms with Crippen molar-refractivity contribution in [1.29, 1.82) is 0 Å². The molecule has 1 saturated carbocycles. The number of fused-ring (bicyclic) bond motifs is 1. The molecular formula is C32H36N4O4S. The number of carbonyl (C=O) groups is 2. The second-order valence-corrected chi connectivity index (χ2v) is 12.6. The molecule has 0 saturated heterocycles. The van der Waals surface area contributed by atoms with Gasteiger partial charge in [-0.25, -0.2) is 9.78 Å². The van der Waals surface area contributed by atoms with E-state index in [0.717, 1.165) is 45.4 Å². The van der Waals surface area contributed by atoms with Crippen LogP contribution < -0.4 is 10.1 Å². The molecule has 1 atom stereocenters. The first-order valence-corrected chi connectivity index (χ1v) is 14.6.